The van der Waals surface area contributed by atoms with Crippen molar-refractivity contribution in [3.63, 3.8) is 0 Å². The van der Waals surface area contributed by atoms with Gasteiger partial charge in [0, 0.05) is 11.8 Å². The number of allylic oxidation sites excluding steroid dienone is 4. The van der Waals surface area contributed by atoms with E-state index in [9.17, 15) is 0 Å². The molecule has 2 aliphatic carbocycles. The Morgan fingerprint density at radius 3 is 2.71 bits per heavy atom. The summed E-state index contributed by atoms with van der Waals surface area (Å²) >= 11 is 1.92. The molecule has 4 heteroatoms. The predicted octanol–water partition coefficient (Wildman–Crippen LogP) is 4.34. The van der Waals surface area contributed by atoms with E-state index in [4.69, 9.17) is 14.7 Å². The van der Waals surface area contributed by atoms with Gasteiger partial charge in [-0.05, 0) is 18.1 Å². The number of thioether (sulfide) groups is 1. The van der Waals surface area contributed by atoms with Gasteiger partial charge in [-0.15, -0.1) is 11.8 Å². The van der Waals surface area contributed by atoms with Crippen molar-refractivity contribution < 1.29 is 4.74 Å². The topological polar surface area (TPSA) is 34.0 Å². The molecule has 0 aromatic carbocycles. The molecule has 0 radical (unpaired) electrons. The normalized spacial score (nSPS) is 34.4. The van der Waals surface area contributed by atoms with Gasteiger partial charge in [-0.25, -0.2) is 4.99 Å². The molecule has 126 valence electrons. The number of nitrogens with zero attached hydrogens (tertiary/aromatic N) is 2. The Labute approximate surface area is 148 Å². The van der Waals surface area contributed by atoms with E-state index in [2.05, 4.69) is 63.3 Å². The highest BCUT2D eigenvalue weighted by atomic mass is 32.2. The van der Waals surface area contributed by atoms with Crippen molar-refractivity contribution in [1.29, 1.82) is 0 Å². The molecule has 0 N–H and O–H groups in total. The molecule has 0 aromatic rings. The molecule has 4 rings (SSSR count). The fourth-order valence-electron chi connectivity index (χ4n) is 3.46. The third-order valence-electron chi connectivity index (χ3n) is 4.80. The van der Waals surface area contributed by atoms with E-state index in [1.54, 1.807) is 0 Å². The molecule has 24 heavy (non-hydrogen) atoms. The Balaban J connectivity index is 1.43. The highest BCUT2D eigenvalue weighted by Gasteiger charge is 2.33. The van der Waals surface area contributed by atoms with Crippen LogP contribution in [0.15, 0.2) is 58.1 Å². The largest absolute Gasteiger partial charge is 0.471 e. The zero-order valence-corrected chi connectivity index (χ0v) is 15.2. The molecule has 2 aliphatic heterocycles. The summed E-state index contributed by atoms with van der Waals surface area (Å²) in [5, 5.41) is 1.78. The zero-order valence-electron chi connectivity index (χ0n) is 14.4. The third-order valence-corrected chi connectivity index (χ3v) is 6.26. The smallest absolute Gasteiger partial charge is 0.187 e. The summed E-state index contributed by atoms with van der Waals surface area (Å²) < 4.78 is 5.92. The first kappa shape index (κ1) is 15.9. The van der Waals surface area contributed by atoms with Gasteiger partial charge >= 0.3 is 0 Å². The van der Waals surface area contributed by atoms with E-state index < -0.39 is 0 Å². The lowest BCUT2D eigenvalue weighted by Gasteiger charge is -2.19. The Hall–Kier alpha value is -1.55. The third kappa shape index (κ3) is 3.04. The predicted molar refractivity (Wildman–Crippen MR) is 103 cm³/mol. The first-order valence-corrected chi connectivity index (χ1v) is 9.70. The van der Waals surface area contributed by atoms with Crippen LogP contribution in [0.25, 0.3) is 0 Å². The fraction of sp³-hybridized carbons (Fsp3) is 0.500. The lowest BCUT2D eigenvalue weighted by atomic mass is 9.94. The van der Waals surface area contributed by atoms with Crippen LogP contribution in [-0.2, 0) is 4.74 Å². The van der Waals surface area contributed by atoms with E-state index in [1.807, 2.05) is 11.8 Å². The molecule has 0 bridgehead atoms. The van der Waals surface area contributed by atoms with Crippen molar-refractivity contribution in [3.05, 3.63) is 48.1 Å². The summed E-state index contributed by atoms with van der Waals surface area (Å²) in [6.45, 7) is 6.54. The lowest BCUT2D eigenvalue weighted by molar-refractivity contribution is 0.241. The van der Waals surface area contributed by atoms with E-state index >= 15 is 0 Å². The monoisotopic (exact) mass is 340 g/mol. The second kappa shape index (κ2) is 6.40. The molecule has 3 nitrogen and oxygen atoms in total. The molecule has 0 aromatic heterocycles. The van der Waals surface area contributed by atoms with Crippen LogP contribution in [-0.4, -0.2) is 34.4 Å². The van der Waals surface area contributed by atoms with Crippen LogP contribution in [0, 0.1) is 11.8 Å². The van der Waals surface area contributed by atoms with E-state index in [0.29, 0.717) is 23.1 Å². The first-order chi connectivity index (χ1) is 11.6. The summed E-state index contributed by atoms with van der Waals surface area (Å²) in [5.41, 5.74) is 1.35. The molecule has 2 heterocycles. The van der Waals surface area contributed by atoms with Crippen LogP contribution in [0.4, 0.5) is 0 Å². The zero-order chi connectivity index (χ0) is 16.7. The maximum Gasteiger partial charge on any atom is 0.187 e. The fourth-order valence-corrected chi connectivity index (χ4v) is 4.70. The Kier molecular flexibility index (Phi) is 4.25. The van der Waals surface area contributed by atoms with Crippen LogP contribution >= 0.6 is 11.8 Å². The summed E-state index contributed by atoms with van der Waals surface area (Å²) in [5.74, 6) is 1.69. The van der Waals surface area contributed by atoms with Crippen molar-refractivity contribution >= 4 is 22.7 Å². The molecular formula is C20H24N2OS. The highest BCUT2D eigenvalue weighted by Crippen LogP contribution is 2.36. The maximum absolute atomic E-state index is 5.92. The van der Waals surface area contributed by atoms with Crippen molar-refractivity contribution in [2.24, 2.45) is 21.8 Å². The van der Waals surface area contributed by atoms with Crippen molar-refractivity contribution in [1.82, 2.24) is 0 Å². The van der Waals surface area contributed by atoms with Gasteiger partial charge in [0.25, 0.3) is 0 Å². The van der Waals surface area contributed by atoms with Crippen molar-refractivity contribution in [2.45, 2.75) is 50.6 Å². The lowest BCUT2D eigenvalue weighted by Crippen LogP contribution is -2.22. The summed E-state index contributed by atoms with van der Waals surface area (Å²) in [7, 11) is 0. The number of hydrogen-bond acceptors (Lipinski definition) is 4. The number of fused-ring (bicyclic) bond motifs is 2. The summed E-state index contributed by atoms with van der Waals surface area (Å²) in [6, 6.07) is 0.486. The molecule has 5 unspecified atom stereocenters. The number of rotatable bonds is 4. The molecule has 0 saturated heterocycles. The minimum Gasteiger partial charge on any atom is -0.471 e. The molecular weight excluding hydrogens is 316 g/mol. The van der Waals surface area contributed by atoms with Gasteiger partial charge in [0.2, 0.25) is 0 Å². The van der Waals surface area contributed by atoms with Gasteiger partial charge < -0.3 is 4.74 Å². The Morgan fingerprint density at radius 2 is 1.92 bits per heavy atom. The quantitative estimate of drug-likeness (QED) is 0.763. The van der Waals surface area contributed by atoms with Gasteiger partial charge in [0.15, 0.2) is 5.90 Å². The highest BCUT2D eigenvalue weighted by molar-refractivity contribution is 8.15. The van der Waals surface area contributed by atoms with E-state index in [0.717, 1.165) is 12.3 Å². The SMILES string of the molecule is CC(C)C1=NC2C=C(CC(C)C3=NC4C=CC=CC4S3)C=CC2O1. The van der Waals surface area contributed by atoms with Gasteiger partial charge in [0.1, 0.15) is 12.1 Å². The van der Waals surface area contributed by atoms with Crippen LogP contribution in [0.5, 0.6) is 0 Å². The first-order valence-electron chi connectivity index (χ1n) is 8.83. The van der Waals surface area contributed by atoms with Gasteiger partial charge in [-0.2, -0.15) is 0 Å². The van der Waals surface area contributed by atoms with Gasteiger partial charge in [-0.3, -0.25) is 4.99 Å². The average Bonchev–Trinajstić information content (AvgIpc) is 3.18. The Morgan fingerprint density at radius 1 is 1.08 bits per heavy atom. The van der Waals surface area contributed by atoms with Crippen LogP contribution in [0.2, 0.25) is 0 Å². The minimum atomic E-state index is 0.0952. The van der Waals surface area contributed by atoms with Crippen molar-refractivity contribution in [2.75, 3.05) is 0 Å². The summed E-state index contributed by atoms with van der Waals surface area (Å²) in [6.07, 6.45) is 16.5. The van der Waals surface area contributed by atoms with Gasteiger partial charge in [0.05, 0.1) is 16.3 Å². The standard InChI is InChI=1S/C20H24N2OS/c1-12(2)19-21-16-11-14(8-9-17(16)23-19)10-13(3)20-22-15-6-4-5-7-18(15)24-20/h4-9,11-13,15-18H,10H2,1-3H3. The van der Waals surface area contributed by atoms with Crippen LogP contribution in [0.1, 0.15) is 27.2 Å². The molecule has 4 aliphatic rings. The maximum atomic E-state index is 5.92. The molecule has 0 saturated carbocycles. The average molecular weight is 340 g/mol. The second-order valence-corrected chi connectivity index (χ2v) is 8.41. The van der Waals surface area contributed by atoms with E-state index in [1.165, 1.54) is 10.6 Å². The Bertz CT molecular complexity index is 698. The van der Waals surface area contributed by atoms with Crippen LogP contribution in [0.3, 0.4) is 0 Å². The van der Waals surface area contributed by atoms with Crippen LogP contribution < -0.4 is 0 Å². The molecule has 5 atom stereocenters. The summed E-state index contributed by atoms with van der Waals surface area (Å²) in [4.78, 5) is 9.65. The van der Waals surface area contributed by atoms with Gasteiger partial charge in [-0.1, -0.05) is 57.2 Å². The van der Waals surface area contributed by atoms with Crippen molar-refractivity contribution in [3.8, 4) is 0 Å². The molecule has 0 spiro atoms. The number of ether oxygens (including phenoxy) is 1. The molecule has 0 fully saturated rings. The molecule has 0 amide bonds. The minimum absolute atomic E-state index is 0.0952. The number of aliphatic imine (C=N–C) groups is 2. The number of hydrogen-bond donors (Lipinski definition) is 0. The second-order valence-electron chi connectivity index (χ2n) is 7.21. The van der Waals surface area contributed by atoms with E-state index in [-0.39, 0.29) is 12.1 Å².